The SMILES string of the molecule is O=C(O)c1cncc(CNC(=O)C(F)(F)F)c1. The molecule has 5 nitrogen and oxygen atoms in total. The van der Waals surface area contributed by atoms with E-state index in [9.17, 15) is 22.8 Å². The lowest BCUT2D eigenvalue weighted by atomic mass is 10.2. The van der Waals surface area contributed by atoms with Crippen LogP contribution in [0.15, 0.2) is 18.5 Å². The van der Waals surface area contributed by atoms with Crippen molar-refractivity contribution < 1.29 is 27.9 Å². The number of nitrogens with zero attached hydrogens (tertiary/aromatic N) is 1. The van der Waals surface area contributed by atoms with Crippen molar-refractivity contribution in [2.75, 3.05) is 0 Å². The van der Waals surface area contributed by atoms with Crippen LogP contribution in [0.5, 0.6) is 0 Å². The molecule has 0 aliphatic rings. The summed E-state index contributed by atoms with van der Waals surface area (Å²) in [6, 6.07) is 1.13. The third-order valence-electron chi connectivity index (χ3n) is 1.75. The van der Waals surface area contributed by atoms with Gasteiger partial charge in [0.05, 0.1) is 5.56 Å². The van der Waals surface area contributed by atoms with Gasteiger partial charge >= 0.3 is 18.1 Å². The Balaban J connectivity index is 2.67. The third-order valence-corrected chi connectivity index (χ3v) is 1.75. The molecule has 2 N–H and O–H groups in total. The van der Waals surface area contributed by atoms with E-state index in [1.807, 2.05) is 0 Å². The summed E-state index contributed by atoms with van der Waals surface area (Å²) in [7, 11) is 0. The molecule has 0 unspecified atom stereocenters. The molecule has 8 heteroatoms. The lowest BCUT2D eigenvalue weighted by Gasteiger charge is -2.07. The molecule has 0 saturated carbocycles. The lowest BCUT2D eigenvalue weighted by Crippen LogP contribution is -2.36. The second-order valence-corrected chi connectivity index (χ2v) is 3.07. The highest BCUT2D eigenvalue weighted by Gasteiger charge is 2.38. The summed E-state index contributed by atoms with van der Waals surface area (Å²) in [4.78, 5) is 24.6. The maximum absolute atomic E-state index is 11.8. The molecule has 0 radical (unpaired) electrons. The van der Waals surface area contributed by atoms with Crippen LogP contribution in [-0.4, -0.2) is 28.1 Å². The monoisotopic (exact) mass is 248 g/mol. The number of carbonyl (C=O) groups is 2. The van der Waals surface area contributed by atoms with E-state index in [1.54, 1.807) is 5.32 Å². The number of aromatic nitrogens is 1. The van der Waals surface area contributed by atoms with E-state index in [1.165, 1.54) is 6.20 Å². The fraction of sp³-hybridized carbons (Fsp3) is 0.222. The number of pyridine rings is 1. The zero-order chi connectivity index (χ0) is 13.1. The number of aromatic carboxylic acids is 1. The maximum Gasteiger partial charge on any atom is 0.471 e. The molecule has 0 atom stereocenters. The number of rotatable bonds is 3. The fourth-order valence-electron chi connectivity index (χ4n) is 0.984. The first-order valence-electron chi connectivity index (χ1n) is 4.33. The van der Waals surface area contributed by atoms with Crippen LogP contribution in [0.3, 0.4) is 0 Å². The van der Waals surface area contributed by atoms with Gasteiger partial charge in [-0.15, -0.1) is 0 Å². The zero-order valence-corrected chi connectivity index (χ0v) is 8.28. The van der Waals surface area contributed by atoms with E-state index < -0.39 is 24.6 Å². The van der Waals surface area contributed by atoms with Crippen molar-refractivity contribution in [2.24, 2.45) is 0 Å². The average molecular weight is 248 g/mol. The minimum atomic E-state index is -4.96. The molecular formula is C9H7F3N2O3. The predicted molar refractivity (Wildman–Crippen MR) is 49.1 cm³/mol. The highest BCUT2D eigenvalue weighted by Crippen LogP contribution is 2.14. The van der Waals surface area contributed by atoms with Crippen LogP contribution >= 0.6 is 0 Å². The smallest absolute Gasteiger partial charge is 0.471 e. The molecule has 1 heterocycles. The van der Waals surface area contributed by atoms with Gasteiger partial charge in [-0.25, -0.2) is 4.79 Å². The van der Waals surface area contributed by atoms with Gasteiger partial charge in [0.25, 0.3) is 0 Å². The van der Waals surface area contributed by atoms with Crippen LogP contribution in [0.2, 0.25) is 0 Å². The number of nitrogens with one attached hydrogen (secondary N) is 1. The summed E-state index contributed by atoms with van der Waals surface area (Å²) >= 11 is 0. The van der Waals surface area contributed by atoms with E-state index in [0.717, 1.165) is 12.3 Å². The van der Waals surface area contributed by atoms with Crippen LogP contribution in [-0.2, 0) is 11.3 Å². The third kappa shape index (κ3) is 3.74. The number of carboxylic acid groups (broad SMARTS) is 1. The van der Waals surface area contributed by atoms with E-state index in [2.05, 4.69) is 4.98 Å². The Labute approximate surface area is 93.3 Å². The summed E-state index contributed by atoms with van der Waals surface area (Å²) < 4.78 is 35.5. The molecule has 0 bridgehead atoms. The number of hydrogen-bond donors (Lipinski definition) is 2. The number of hydrogen-bond acceptors (Lipinski definition) is 3. The van der Waals surface area contributed by atoms with Crippen molar-refractivity contribution >= 4 is 11.9 Å². The van der Waals surface area contributed by atoms with Gasteiger partial charge in [0.2, 0.25) is 0 Å². The quantitative estimate of drug-likeness (QED) is 0.834. The van der Waals surface area contributed by atoms with Crippen molar-refractivity contribution in [3.8, 4) is 0 Å². The minimum absolute atomic E-state index is 0.163. The van der Waals surface area contributed by atoms with Crippen molar-refractivity contribution in [3.05, 3.63) is 29.6 Å². The lowest BCUT2D eigenvalue weighted by molar-refractivity contribution is -0.173. The molecule has 0 spiro atoms. The van der Waals surface area contributed by atoms with Crippen molar-refractivity contribution in [1.82, 2.24) is 10.3 Å². The molecule has 92 valence electrons. The van der Waals surface area contributed by atoms with Crippen LogP contribution in [0.4, 0.5) is 13.2 Å². The predicted octanol–water partition coefficient (Wildman–Crippen LogP) is 0.958. The minimum Gasteiger partial charge on any atom is -0.478 e. The van der Waals surface area contributed by atoms with Gasteiger partial charge < -0.3 is 10.4 Å². The second-order valence-electron chi connectivity index (χ2n) is 3.07. The van der Waals surface area contributed by atoms with Crippen LogP contribution < -0.4 is 5.32 Å². The van der Waals surface area contributed by atoms with Gasteiger partial charge in [0, 0.05) is 18.9 Å². The van der Waals surface area contributed by atoms with Gasteiger partial charge in [-0.3, -0.25) is 9.78 Å². The molecule has 1 aromatic heterocycles. The van der Waals surface area contributed by atoms with Crippen LogP contribution in [0, 0.1) is 0 Å². The fourth-order valence-corrected chi connectivity index (χ4v) is 0.984. The normalized spacial score (nSPS) is 11.0. The molecule has 17 heavy (non-hydrogen) atoms. The van der Waals surface area contributed by atoms with Gasteiger partial charge in [-0.2, -0.15) is 13.2 Å². The van der Waals surface area contributed by atoms with Gasteiger partial charge in [0.15, 0.2) is 0 Å². The summed E-state index contributed by atoms with van der Waals surface area (Å²) in [5, 5.41) is 10.2. The highest BCUT2D eigenvalue weighted by molar-refractivity contribution is 5.87. The number of carbonyl (C=O) groups excluding carboxylic acids is 1. The van der Waals surface area contributed by atoms with E-state index >= 15 is 0 Å². The summed E-state index contributed by atoms with van der Waals surface area (Å²) in [6.45, 7) is -0.438. The molecule has 0 saturated heterocycles. The average Bonchev–Trinajstić information content (AvgIpc) is 2.25. The van der Waals surface area contributed by atoms with Crippen LogP contribution in [0.25, 0.3) is 0 Å². The number of carboxylic acids is 1. The van der Waals surface area contributed by atoms with Crippen molar-refractivity contribution in [2.45, 2.75) is 12.7 Å². The Bertz CT molecular complexity index is 445. The molecule has 1 amide bonds. The molecule has 1 rings (SSSR count). The Kier molecular flexibility index (Phi) is 3.66. The largest absolute Gasteiger partial charge is 0.478 e. The Morgan fingerprint density at radius 2 is 2.00 bits per heavy atom. The summed E-state index contributed by atoms with van der Waals surface area (Å²) in [5.41, 5.74) is 0.00579. The Morgan fingerprint density at radius 3 is 2.53 bits per heavy atom. The molecule has 0 aromatic carbocycles. The number of halogens is 3. The molecule has 0 aliphatic carbocycles. The summed E-state index contributed by atoms with van der Waals surface area (Å²) in [6.07, 6.45) is -2.74. The summed E-state index contributed by atoms with van der Waals surface area (Å²) in [5.74, 6) is -3.33. The molecule has 0 aliphatic heterocycles. The maximum atomic E-state index is 11.8. The van der Waals surface area contributed by atoms with E-state index in [4.69, 9.17) is 5.11 Å². The van der Waals surface area contributed by atoms with Gasteiger partial charge in [-0.05, 0) is 11.6 Å². The first-order chi connectivity index (χ1) is 7.80. The second kappa shape index (κ2) is 4.81. The first-order valence-corrected chi connectivity index (χ1v) is 4.33. The zero-order valence-electron chi connectivity index (χ0n) is 8.28. The highest BCUT2D eigenvalue weighted by atomic mass is 19.4. The van der Waals surface area contributed by atoms with Gasteiger partial charge in [-0.1, -0.05) is 0 Å². The van der Waals surface area contributed by atoms with Crippen molar-refractivity contribution in [3.63, 3.8) is 0 Å². The van der Waals surface area contributed by atoms with E-state index in [0.29, 0.717) is 0 Å². The Hall–Kier alpha value is -2.12. The number of alkyl halides is 3. The first kappa shape index (κ1) is 12.9. The number of amides is 1. The van der Waals surface area contributed by atoms with E-state index in [-0.39, 0.29) is 11.1 Å². The Morgan fingerprint density at radius 1 is 1.35 bits per heavy atom. The standard InChI is InChI=1S/C9H7F3N2O3/c10-9(11,12)8(17)14-3-5-1-6(7(15)16)4-13-2-5/h1-2,4H,3H2,(H,14,17)(H,15,16). The van der Waals surface area contributed by atoms with Gasteiger partial charge in [0.1, 0.15) is 0 Å². The molecule has 1 aromatic rings. The molecule has 0 fully saturated rings. The topological polar surface area (TPSA) is 79.3 Å². The molecular weight excluding hydrogens is 241 g/mol. The van der Waals surface area contributed by atoms with Crippen molar-refractivity contribution in [1.29, 1.82) is 0 Å². The van der Waals surface area contributed by atoms with Crippen LogP contribution in [0.1, 0.15) is 15.9 Å².